The molecule has 0 spiro atoms. The first-order valence-electron chi connectivity index (χ1n) is 7.56. The van der Waals surface area contributed by atoms with Crippen LogP contribution in [-0.4, -0.2) is 42.6 Å². The van der Waals surface area contributed by atoms with E-state index in [2.05, 4.69) is 10.5 Å². The summed E-state index contributed by atoms with van der Waals surface area (Å²) in [6, 6.07) is 0. The zero-order valence-corrected chi connectivity index (χ0v) is 14.0. The average molecular weight is 316 g/mol. The molecule has 0 aromatic carbocycles. The van der Waals surface area contributed by atoms with Gasteiger partial charge in [-0.25, -0.2) is 0 Å². The molecule has 0 aliphatic carbocycles. The third-order valence-electron chi connectivity index (χ3n) is 4.19. The number of carbonyl (C=O) groups excluding carboxylic acids is 1. The molecule has 1 fully saturated rings. The minimum absolute atomic E-state index is 0. The van der Waals surface area contributed by atoms with E-state index in [1.54, 1.807) is 0 Å². The molecule has 5 nitrogen and oxygen atoms in total. The standard InChI is InChI=1S/C15H25N3O2.ClH/c1-4-13-14(11(2)20-17-13)15(19)18-9-6-12(7-10-18)5-8-16-3;/h12,16H,4-10H2,1-3H3;1H. The van der Waals surface area contributed by atoms with Crippen molar-refractivity contribution in [1.82, 2.24) is 15.4 Å². The first kappa shape index (κ1) is 18.0. The van der Waals surface area contributed by atoms with Crippen LogP contribution in [0.2, 0.25) is 0 Å². The SMILES string of the molecule is CCc1noc(C)c1C(=O)N1CCC(CCNC)CC1.Cl. The fourth-order valence-corrected chi connectivity index (χ4v) is 2.86. The van der Waals surface area contributed by atoms with Gasteiger partial charge in [-0.3, -0.25) is 4.79 Å². The average Bonchev–Trinajstić information content (AvgIpc) is 2.86. The van der Waals surface area contributed by atoms with E-state index >= 15 is 0 Å². The summed E-state index contributed by atoms with van der Waals surface area (Å²) in [6.07, 6.45) is 4.13. The van der Waals surface area contributed by atoms with E-state index in [0.717, 1.165) is 50.5 Å². The van der Waals surface area contributed by atoms with Crippen LogP contribution in [0.15, 0.2) is 4.52 Å². The Labute approximate surface area is 132 Å². The Bertz CT molecular complexity index is 454. The molecule has 0 atom stereocenters. The molecule has 1 aliphatic heterocycles. The van der Waals surface area contributed by atoms with E-state index in [0.29, 0.717) is 11.3 Å². The summed E-state index contributed by atoms with van der Waals surface area (Å²) in [5.41, 5.74) is 1.46. The Morgan fingerprint density at radius 3 is 2.67 bits per heavy atom. The highest BCUT2D eigenvalue weighted by Crippen LogP contribution is 2.23. The molecule has 120 valence electrons. The van der Waals surface area contributed by atoms with Gasteiger partial charge < -0.3 is 14.7 Å². The van der Waals surface area contributed by atoms with Crippen LogP contribution in [0.1, 0.15) is 48.0 Å². The maximum atomic E-state index is 12.6. The predicted molar refractivity (Wildman–Crippen MR) is 85.0 cm³/mol. The van der Waals surface area contributed by atoms with Crippen LogP contribution in [0, 0.1) is 12.8 Å². The van der Waals surface area contributed by atoms with Crippen LogP contribution in [0.5, 0.6) is 0 Å². The van der Waals surface area contributed by atoms with Crippen molar-refractivity contribution in [3.63, 3.8) is 0 Å². The van der Waals surface area contributed by atoms with Crippen molar-refractivity contribution in [2.24, 2.45) is 5.92 Å². The molecule has 6 heteroatoms. The summed E-state index contributed by atoms with van der Waals surface area (Å²) in [5, 5.41) is 7.17. The molecule has 21 heavy (non-hydrogen) atoms. The smallest absolute Gasteiger partial charge is 0.259 e. The van der Waals surface area contributed by atoms with E-state index in [1.165, 1.54) is 6.42 Å². The van der Waals surface area contributed by atoms with Crippen LogP contribution in [-0.2, 0) is 6.42 Å². The Balaban J connectivity index is 0.00000220. The van der Waals surface area contributed by atoms with E-state index in [4.69, 9.17) is 4.52 Å². The fraction of sp³-hybridized carbons (Fsp3) is 0.733. The molecule has 0 saturated carbocycles. The first-order chi connectivity index (χ1) is 9.67. The van der Waals surface area contributed by atoms with Gasteiger partial charge >= 0.3 is 0 Å². The number of likely N-dealkylation sites (tertiary alicyclic amines) is 1. The number of amides is 1. The van der Waals surface area contributed by atoms with Crippen LogP contribution in [0.4, 0.5) is 0 Å². The van der Waals surface area contributed by atoms with Gasteiger partial charge in [0.25, 0.3) is 5.91 Å². The number of aryl methyl sites for hydroxylation is 2. The van der Waals surface area contributed by atoms with Crippen molar-refractivity contribution in [3.05, 3.63) is 17.0 Å². The maximum absolute atomic E-state index is 12.6. The van der Waals surface area contributed by atoms with Crippen molar-refractivity contribution >= 4 is 18.3 Å². The summed E-state index contributed by atoms with van der Waals surface area (Å²) in [6.45, 7) is 6.57. The second-order valence-corrected chi connectivity index (χ2v) is 5.54. The largest absolute Gasteiger partial charge is 0.361 e. The molecule has 1 saturated heterocycles. The third kappa shape index (κ3) is 4.20. The number of carbonyl (C=O) groups is 1. The van der Waals surface area contributed by atoms with E-state index < -0.39 is 0 Å². The Morgan fingerprint density at radius 2 is 2.10 bits per heavy atom. The summed E-state index contributed by atoms with van der Waals surface area (Å²) in [5.74, 6) is 1.47. The first-order valence-corrected chi connectivity index (χ1v) is 7.56. The van der Waals surface area contributed by atoms with Crippen LogP contribution >= 0.6 is 12.4 Å². The van der Waals surface area contributed by atoms with Crippen molar-refractivity contribution in [3.8, 4) is 0 Å². The van der Waals surface area contributed by atoms with Gasteiger partial charge in [-0.05, 0) is 52.1 Å². The van der Waals surface area contributed by atoms with E-state index in [9.17, 15) is 4.79 Å². The number of halogens is 1. The molecule has 1 N–H and O–H groups in total. The van der Waals surface area contributed by atoms with Crippen molar-refractivity contribution in [2.45, 2.75) is 39.5 Å². The topological polar surface area (TPSA) is 58.4 Å². The van der Waals surface area contributed by atoms with Gasteiger partial charge in [0.15, 0.2) is 0 Å². The summed E-state index contributed by atoms with van der Waals surface area (Å²) in [4.78, 5) is 14.5. The number of rotatable bonds is 5. The van der Waals surface area contributed by atoms with Crippen LogP contribution < -0.4 is 5.32 Å². The van der Waals surface area contributed by atoms with Crippen molar-refractivity contribution in [1.29, 1.82) is 0 Å². The number of aromatic nitrogens is 1. The predicted octanol–water partition coefficient (Wildman–Crippen LogP) is 2.43. The number of nitrogens with one attached hydrogen (secondary N) is 1. The second kappa shape index (κ2) is 8.39. The molecular formula is C15H26ClN3O2. The molecule has 1 aromatic heterocycles. The van der Waals surface area contributed by atoms with Gasteiger partial charge in [0.05, 0.1) is 5.69 Å². The lowest BCUT2D eigenvalue weighted by Gasteiger charge is -2.32. The molecule has 2 heterocycles. The minimum atomic E-state index is 0. The molecule has 0 bridgehead atoms. The maximum Gasteiger partial charge on any atom is 0.259 e. The lowest BCUT2D eigenvalue weighted by Crippen LogP contribution is -2.39. The lowest BCUT2D eigenvalue weighted by atomic mass is 9.93. The van der Waals surface area contributed by atoms with Gasteiger partial charge in [0.1, 0.15) is 11.3 Å². The van der Waals surface area contributed by atoms with E-state index in [-0.39, 0.29) is 18.3 Å². The Kier molecular flexibility index (Phi) is 7.18. The zero-order valence-electron chi connectivity index (χ0n) is 13.1. The molecule has 2 rings (SSSR count). The van der Waals surface area contributed by atoms with Gasteiger partial charge in [0.2, 0.25) is 0 Å². The molecule has 0 unspecified atom stereocenters. The highest BCUT2D eigenvalue weighted by molar-refractivity contribution is 5.96. The Hall–Kier alpha value is -1.07. The fourth-order valence-electron chi connectivity index (χ4n) is 2.86. The van der Waals surface area contributed by atoms with Crippen LogP contribution in [0.3, 0.4) is 0 Å². The molecular weight excluding hydrogens is 290 g/mol. The molecule has 0 radical (unpaired) electrons. The Morgan fingerprint density at radius 1 is 1.43 bits per heavy atom. The molecule has 1 aliphatic rings. The van der Waals surface area contributed by atoms with E-state index in [1.807, 2.05) is 25.8 Å². The van der Waals surface area contributed by atoms with Gasteiger partial charge in [-0.1, -0.05) is 12.1 Å². The number of hydrogen-bond acceptors (Lipinski definition) is 4. The number of nitrogens with zero attached hydrogens (tertiary/aromatic N) is 2. The third-order valence-corrected chi connectivity index (χ3v) is 4.19. The summed E-state index contributed by atoms with van der Waals surface area (Å²) >= 11 is 0. The lowest BCUT2D eigenvalue weighted by molar-refractivity contribution is 0.0684. The second-order valence-electron chi connectivity index (χ2n) is 5.54. The monoisotopic (exact) mass is 315 g/mol. The highest BCUT2D eigenvalue weighted by atomic mass is 35.5. The summed E-state index contributed by atoms with van der Waals surface area (Å²) in [7, 11) is 1.99. The van der Waals surface area contributed by atoms with Gasteiger partial charge in [-0.2, -0.15) is 0 Å². The molecule has 1 amide bonds. The summed E-state index contributed by atoms with van der Waals surface area (Å²) < 4.78 is 5.17. The molecule has 1 aromatic rings. The normalized spacial score (nSPS) is 15.9. The highest BCUT2D eigenvalue weighted by Gasteiger charge is 2.27. The van der Waals surface area contributed by atoms with Gasteiger partial charge in [0, 0.05) is 13.1 Å². The zero-order chi connectivity index (χ0) is 14.5. The quantitative estimate of drug-likeness (QED) is 0.906. The number of piperidine rings is 1. The van der Waals surface area contributed by atoms with Crippen molar-refractivity contribution < 1.29 is 9.32 Å². The van der Waals surface area contributed by atoms with Crippen LogP contribution in [0.25, 0.3) is 0 Å². The van der Waals surface area contributed by atoms with Crippen molar-refractivity contribution in [2.75, 3.05) is 26.7 Å². The number of hydrogen-bond donors (Lipinski definition) is 1. The minimum Gasteiger partial charge on any atom is -0.361 e. The van der Waals surface area contributed by atoms with Gasteiger partial charge in [-0.15, -0.1) is 12.4 Å².